The third-order valence-corrected chi connectivity index (χ3v) is 15.5. The largest absolute Gasteiger partial charge is 0.497 e. The zero-order valence-electron chi connectivity index (χ0n) is 39.3. The fourth-order valence-corrected chi connectivity index (χ4v) is 12.3. The first-order chi connectivity index (χ1) is 33.9. The molecule has 4 N–H and O–H groups in total. The summed E-state index contributed by atoms with van der Waals surface area (Å²) < 4.78 is 250. The summed E-state index contributed by atoms with van der Waals surface area (Å²) in [6, 6.07) is 11.9. The van der Waals surface area contributed by atoms with Gasteiger partial charge in [-0.25, -0.2) is 4.39 Å². The Balaban J connectivity index is 1.61. The van der Waals surface area contributed by atoms with Crippen LogP contribution in [0.15, 0.2) is 72.8 Å². The molecule has 0 amide bonds. The van der Waals surface area contributed by atoms with Gasteiger partial charge in [0.2, 0.25) is 5.60 Å². The molecule has 0 aliphatic carbocycles. The van der Waals surface area contributed by atoms with Crippen molar-refractivity contribution in [1.29, 1.82) is 0 Å². The third kappa shape index (κ3) is 8.49. The predicted octanol–water partition coefficient (Wildman–Crippen LogP) is 11.3. The summed E-state index contributed by atoms with van der Waals surface area (Å²) in [4.78, 5) is 0. The van der Waals surface area contributed by atoms with Crippen molar-refractivity contribution in [2.24, 2.45) is 5.41 Å². The first-order valence-corrected chi connectivity index (χ1v) is 23.2. The van der Waals surface area contributed by atoms with Crippen LogP contribution in [0.5, 0.6) is 28.7 Å². The van der Waals surface area contributed by atoms with Crippen molar-refractivity contribution in [3.05, 3.63) is 112 Å². The summed E-state index contributed by atoms with van der Waals surface area (Å²) in [7, 11) is 0.930. The Labute approximate surface area is 409 Å². The van der Waals surface area contributed by atoms with Crippen molar-refractivity contribution < 1.29 is 101 Å². The van der Waals surface area contributed by atoms with Crippen LogP contribution in [0.4, 0.5) is 57.1 Å². The van der Waals surface area contributed by atoms with E-state index in [4.69, 9.17) is 23.7 Å². The smallest absolute Gasteiger partial charge is 0.421 e. The average molecular weight is 1050 g/mol. The van der Waals surface area contributed by atoms with E-state index >= 15 is 57.1 Å². The Hall–Kier alpha value is -5.19. The number of rotatable bonds is 12. The maximum atomic E-state index is 17.5. The second-order valence-corrected chi connectivity index (χ2v) is 19.6. The molecule has 0 spiro atoms. The number of benzene rings is 4. The SMILES string of the molecule is COc1ccc2c(c1)C(C(C(O)(CC1CCOc3cc(C)ccc31)C(F)(F)F)(C(O)(CC1CCOc3ccc(F)cc31)C(F)(F)F)C(O)(C(F)(F)F)C(O)(CC1CCOc3ccc(C)cc31)C(F)(F)F)CCO2. The number of halogens is 13. The highest BCUT2D eigenvalue weighted by Crippen LogP contribution is 2.76. The van der Waals surface area contributed by atoms with Gasteiger partial charge in [0, 0.05) is 17.0 Å². The second-order valence-electron chi connectivity index (χ2n) is 19.6. The maximum Gasteiger partial charge on any atom is 0.421 e. The van der Waals surface area contributed by atoms with Crippen molar-refractivity contribution in [2.75, 3.05) is 33.5 Å². The van der Waals surface area contributed by atoms with Gasteiger partial charge in [-0.05, 0) is 142 Å². The van der Waals surface area contributed by atoms with E-state index < -0.39 is 182 Å². The monoisotopic (exact) mass is 1050 g/mol. The van der Waals surface area contributed by atoms with Gasteiger partial charge in [-0.2, -0.15) is 52.7 Å². The molecule has 9 nitrogen and oxygen atoms in total. The zero-order chi connectivity index (χ0) is 53.5. The minimum atomic E-state index is -7.56. The van der Waals surface area contributed by atoms with E-state index in [1.807, 2.05) is 0 Å². The predicted molar refractivity (Wildman–Crippen MR) is 233 cm³/mol. The minimum Gasteiger partial charge on any atom is -0.497 e. The molecular weight excluding hydrogens is 1000 g/mol. The zero-order valence-corrected chi connectivity index (χ0v) is 39.3. The van der Waals surface area contributed by atoms with E-state index in [0.717, 1.165) is 43.5 Å². The van der Waals surface area contributed by atoms with Crippen molar-refractivity contribution >= 4 is 0 Å². The molecule has 9 unspecified atom stereocenters. The van der Waals surface area contributed by atoms with Crippen LogP contribution in [-0.4, -0.2) is 101 Å². The number of aliphatic hydroxyl groups is 4. The van der Waals surface area contributed by atoms with E-state index in [0.29, 0.717) is 17.7 Å². The molecule has 0 saturated carbocycles. The highest BCUT2D eigenvalue weighted by Gasteiger charge is 2.96. The molecule has 400 valence electrons. The summed E-state index contributed by atoms with van der Waals surface area (Å²) in [6.45, 7) is -0.154. The molecule has 4 aliphatic heterocycles. The maximum absolute atomic E-state index is 17.5. The Morgan fingerprint density at radius 3 is 1.41 bits per heavy atom. The molecule has 4 heterocycles. The lowest BCUT2D eigenvalue weighted by Gasteiger charge is -2.69. The lowest BCUT2D eigenvalue weighted by atomic mass is 9.39. The van der Waals surface area contributed by atoms with E-state index in [-0.39, 0.29) is 28.2 Å². The van der Waals surface area contributed by atoms with Crippen LogP contribution in [0.3, 0.4) is 0 Å². The molecule has 0 aromatic heterocycles. The Morgan fingerprint density at radius 1 is 0.466 bits per heavy atom. The Morgan fingerprint density at radius 2 is 0.890 bits per heavy atom. The highest BCUT2D eigenvalue weighted by atomic mass is 19.4. The van der Waals surface area contributed by atoms with Gasteiger partial charge in [-0.3, -0.25) is 0 Å². The normalized spacial score (nSPS) is 24.3. The van der Waals surface area contributed by atoms with E-state index in [1.54, 1.807) is 0 Å². The molecule has 4 aromatic carbocycles. The summed E-state index contributed by atoms with van der Waals surface area (Å²) in [5.74, 6) is -13.5. The van der Waals surface area contributed by atoms with Crippen LogP contribution in [0, 0.1) is 25.1 Å². The number of aryl methyl sites for hydroxylation is 2. The average Bonchev–Trinajstić information content (AvgIpc) is 3.30. The van der Waals surface area contributed by atoms with Crippen LogP contribution in [0.25, 0.3) is 0 Å². The molecule has 0 bridgehead atoms. The summed E-state index contributed by atoms with van der Waals surface area (Å²) in [6.07, 6.45) is -40.2. The summed E-state index contributed by atoms with van der Waals surface area (Å²) >= 11 is 0. The lowest BCUT2D eigenvalue weighted by molar-refractivity contribution is -0.493. The standard InChI is InChI=1S/C51H51F13O9/c1-27-5-9-39-35(20-27)31(14-17-70-39)26-45(67,50(59,60)61)47(68,51(62,63)64)46(38-15-19-72-41-11-7-33(69-3)23-37(38)41,43(65,48(53,54)55)24-29-12-18-73-42-21-28(2)4-8-34(29)42)44(66,49(56,57)58)25-30-13-16-71-40-10-6-32(52)22-36(30)40/h4-11,20-23,29-31,38,65-68H,12-19,24-26H2,1-3H3. The second kappa shape index (κ2) is 18.6. The molecule has 4 aromatic rings. The van der Waals surface area contributed by atoms with Crippen LogP contribution >= 0.6 is 0 Å². The third-order valence-electron chi connectivity index (χ3n) is 15.5. The number of methoxy groups -OCH3 is 1. The molecule has 9 atom stereocenters. The fraction of sp³-hybridized carbons (Fsp3) is 0.529. The number of fused-ring (bicyclic) bond motifs is 4. The summed E-state index contributed by atoms with van der Waals surface area (Å²) in [5, 5.41) is 53.1. The van der Waals surface area contributed by atoms with Crippen LogP contribution < -0.4 is 23.7 Å². The van der Waals surface area contributed by atoms with E-state index in [9.17, 15) is 20.4 Å². The number of hydrogen-bond acceptors (Lipinski definition) is 9. The van der Waals surface area contributed by atoms with Crippen molar-refractivity contribution in [3.8, 4) is 28.7 Å². The fourth-order valence-electron chi connectivity index (χ4n) is 12.3. The number of hydrogen-bond donors (Lipinski definition) is 4. The molecule has 0 saturated heterocycles. The highest BCUT2D eigenvalue weighted by molar-refractivity contribution is 5.51. The van der Waals surface area contributed by atoms with Crippen LogP contribution in [0.1, 0.15) is 102 Å². The molecule has 73 heavy (non-hydrogen) atoms. The van der Waals surface area contributed by atoms with Crippen molar-refractivity contribution in [1.82, 2.24) is 0 Å². The Kier molecular flexibility index (Phi) is 13.8. The van der Waals surface area contributed by atoms with E-state index in [1.165, 1.54) is 38.1 Å². The van der Waals surface area contributed by atoms with Crippen LogP contribution in [-0.2, 0) is 0 Å². The first-order valence-electron chi connectivity index (χ1n) is 23.2. The van der Waals surface area contributed by atoms with Crippen molar-refractivity contribution in [3.63, 3.8) is 0 Å². The van der Waals surface area contributed by atoms with Gasteiger partial charge < -0.3 is 44.1 Å². The molecule has 0 fully saturated rings. The number of ether oxygens (including phenoxy) is 5. The van der Waals surface area contributed by atoms with Gasteiger partial charge in [-0.1, -0.05) is 29.8 Å². The Bertz CT molecular complexity index is 2690. The van der Waals surface area contributed by atoms with Gasteiger partial charge in [-0.15, -0.1) is 0 Å². The first kappa shape index (κ1) is 54.1. The quantitative estimate of drug-likeness (QED) is 0.103. The summed E-state index contributed by atoms with van der Waals surface area (Å²) in [5.41, 5.74) is -33.6. The van der Waals surface area contributed by atoms with Gasteiger partial charge >= 0.3 is 24.7 Å². The van der Waals surface area contributed by atoms with Gasteiger partial charge in [0.05, 0.1) is 39.0 Å². The molecule has 4 aliphatic rings. The minimum absolute atomic E-state index is 0.245. The van der Waals surface area contributed by atoms with Gasteiger partial charge in [0.25, 0.3) is 0 Å². The molecule has 0 radical (unpaired) electrons. The molecular formula is C51H51F13O9. The van der Waals surface area contributed by atoms with Gasteiger partial charge in [0.15, 0.2) is 16.8 Å². The van der Waals surface area contributed by atoms with Crippen molar-refractivity contribution in [2.45, 2.75) is 130 Å². The van der Waals surface area contributed by atoms with Gasteiger partial charge in [0.1, 0.15) is 34.6 Å². The van der Waals surface area contributed by atoms with E-state index in [2.05, 4.69) is 0 Å². The molecule has 8 rings (SSSR count). The topological polar surface area (TPSA) is 127 Å². The molecule has 22 heteroatoms. The lowest BCUT2D eigenvalue weighted by Crippen LogP contribution is -2.90. The number of alkyl halides is 12. The van der Waals surface area contributed by atoms with Crippen LogP contribution in [0.2, 0.25) is 0 Å².